The van der Waals surface area contributed by atoms with Crippen molar-refractivity contribution in [3.8, 4) is 0 Å². The van der Waals surface area contributed by atoms with Gasteiger partial charge in [0.05, 0.1) is 0 Å². The van der Waals surface area contributed by atoms with E-state index in [1.165, 1.54) is 0 Å². The van der Waals surface area contributed by atoms with E-state index in [0.717, 1.165) is 24.3 Å². The molecule has 19 heavy (non-hydrogen) atoms. The molecule has 0 fully saturated rings. The molecule has 4 nitrogen and oxygen atoms in total. The molecule has 0 radical (unpaired) electrons. The summed E-state index contributed by atoms with van der Waals surface area (Å²) in [6.07, 6.45) is 0.952. The van der Waals surface area contributed by atoms with E-state index >= 15 is 0 Å². The van der Waals surface area contributed by atoms with Crippen molar-refractivity contribution in [3.05, 3.63) is 29.8 Å². The monoisotopic (exact) mass is 264 g/mol. The lowest BCUT2D eigenvalue weighted by Crippen LogP contribution is -2.24. The highest BCUT2D eigenvalue weighted by Crippen LogP contribution is 2.18. The maximum absolute atomic E-state index is 11.3. The number of para-hydroxylation sites is 1. The maximum atomic E-state index is 11.3. The van der Waals surface area contributed by atoms with Crippen molar-refractivity contribution in [2.45, 2.75) is 32.9 Å². The summed E-state index contributed by atoms with van der Waals surface area (Å²) in [6.45, 7) is 5.07. The van der Waals surface area contributed by atoms with E-state index in [0.29, 0.717) is 12.6 Å². The first-order valence-corrected chi connectivity index (χ1v) is 6.59. The standard InChI is InChI=1S/C15H24N2O2/c1-12(9-10-19-4)16-15-8-6-5-7-14(15)11-17(3)13(2)18/h5-8,12,16H,9-11H2,1-4H3. The van der Waals surface area contributed by atoms with Gasteiger partial charge in [0.2, 0.25) is 5.91 Å². The fourth-order valence-corrected chi connectivity index (χ4v) is 1.80. The molecule has 1 unspecified atom stereocenters. The second kappa shape index (κ2) is 7.79. The minimum absolute atomic E-state index is 0.0715. The molecule has 1 aromatic rings. The zero-order chi connectivity index (χ0) is 14.3. The van der Waals surface area contributed by atoms with Crippen molar-refractivity contribution in [3.63, 3.8) is 0 Å². The highest BCUT2D eigenvalue weighted by Gasteiger charge is 2.09. The van der Waals surface area contributed by atoms with Crippen LogP contribution in [0.2, 0.25) is 0 Å². The Balaban J connectivity index is 2.70. The molecule has 1 amide bonds. The Kier molecular flexibility index (Phi) is 6.36. The van der Waals surface area contributed by atoms with Gasteiger partial charge in [0.25, 0.3) is 0 Å². The number of hydrogen-bond donors (Lipinski definition) is 1. The van der Waals surface area contributed by atoms with Crippen LogP contribution in [0.5, 0.6) is 0 Å². The summed E-state index contributed by atoms with van der Waals surface area (Å²) >= 11 is 0. The number of hydrogen-bond acceptors (Lipinski definition) is 3. The molecule has 106 valence electrons. The SMILES string of the molecule is COCCC(C)Nc1ccccc1CN(C)C(C)=O. The number of carbonyl (C=O) groups excluding carboxylic acids is 1. The van der Waals surface area contributed by atoms with E-state index < -0.39 is 0 Å². The summed E-state index contributed by atoms with van der Waals surface area (Å²) in [5, 5.41) is 3.47. The van der Waals surface area contributed by atoms with Gasteiger partial charge in [-0.1, -0.05) is 18.2 Å². The molecule has 4 heteroatoms. The highest BCUT2D eigenvalue weighted by molar-refractivity contribution is 5.73. The van der Waals surface area contributed by atoms with Crippen LogP contribution in [-0.4, -0.2) is 37.6 Å². The molecule has 1 rings (SSSR count). The van der Waals surface area contributed by atoms with E-state index in [2.05, 4.69) is 12.2 Å². The fourth-order valence-electron chi connectivity index (χ4n) is 1.80. The van der Waals surface area contributed by atoms with Gasteiger partial charge in [0.1, 0.15) is 0 Å². The number of nitrogens with one attached hydrogen (secondary N) is 1. The molecular weight excluding hydrogens is 240 g/mol. The molecule has 0 saturated heterocycles. The minimum atomic E-state index is 0.0715. The Labute approximate surface area is 115 Å². The van der Waals surface area contributed by atoms with Crippen molar-refractivity contribution < 1.29 is 9.53 Å². The van der Waals surface area contributed by atoms with Gasteiger partial charge in [-0.2, -0.15) is 0 Å². The van der Waals surface area contributed by atoms with Crippen molar-refractivity contribution in [1.82, 2.24) is 4.90 Å². The van der Waals surface area contributed by atoms with Crippen molar-refractivity contribution in [2.75, 3.05) is 26.1 Å². The van der Waals surface area contributed by atoms with E-state index in [1.807, 2.05) is 31.3 Å². The molecule has 0 heterocycles. The van der Waals surface area contributed by atoms with Crippen molar-refractivity contribution >= 4 is 11.6 Å². The third-order valence-electron chi connectivity index (χ3n) is 3.12. The molecule has 0 aromatic heterocycles. The Bertz CT molecular complexity index is 407. The van der Waals surface area contributed by atoms with E-state index in [4.69, 9.17) is 4.74 Å². The third-order valence-corrected chi connectivity index (χ3v) is 3.12. The van der Waals surface area contributed by atoms with Crippen LogP contribution in [0.1, 0.15) is 25.8 Å². The molecule has 0 saturated carbocycles. The number of nitrogens with zero attached hydrogens (tertiary/aromatic N) is 1. The largest absolute Gasteiger partial charge is 0.385 e. The van der Waals surface area contributed by atoms with E-state index in [1.54, 1.807) is 18.9 Å². The zero-order valence-electron chi connectivity index (χ0n) is 12.3. The van der Waals surface area contributed by atoms with Crippen LogP contribution in [0.25, 0.3) is 0 Å². The number of benzene rings is 1. The van der Waals surface area contributed by atoms with Crippen LogP contribution in [-0.2, 0) is 16.1 Å². The molecular formula is C15H24N2O2. The van der Waals surface area contributed by atoms with Gasteiger partial charge < -0.3 is 15.0 Å². The first kappa shape index (κ1) is 15.5. The summed E-state index contributed by atoms with van der Waals surface area (Å²) in [6, 6.07) is 8.43. The van der Waals surface area contributed by atoms with Crippen LogP contribution in [0, 0.1) is 0 Å². The number of anilines is 1. The summed E-state index contributed by atoms with van der Waals surface area (Å²) < 4.78 is 5.08. The number of rotatable bonds is 7. The van der Waals surface area contributed by atoms with E-state index in [9.17, 15) is 4.79 Å². The topological polar surface area (TPSA) is 41.6 Å². The summed E-state index contributed by atoms with van der Waals surface area (Å²) in [5.41, 5.74) is 2.21. The summed E-state index contributed by atoms with van der Waals surface area (Å²) in [5.74, 6) is 0.0715. The van der Waals surface area contributed by atoms with Gasteiger partial charge in [-0.25, -0.2) is 0 Å². The maximum Gasteiger partial charge on any atom is 0.219 e. The lowest BCUT2D eigenvalue weighted by atomic mass is 10.1. The lowest BCUT2D eigenvalue weighted by Gasteiger charge is -2.21. The summed E-state index contributed by atoms with van der Waals surface area (Å²) in [7, 11) is 3.52. The van der Waals surface area contributed by atoms with Gasteiger partial charge >= 0.3 is 0 Å². The Morgan fingerprint density at radius 2 is 2.11 bits per heavy atom. The molecule has 1 N–H and O–H groups in total. The fraction of sp³-hybridized carbons (Fsp3) is 0.533. The van der Waals surface area contributed by atoms with Gasteiger partial charge in [-0.3, -0.25) is 4.79 Å². The first-order valence-electron chi connectivity index (χ1n) is 6.59. The second-order valence-corrected chi connectivity index (χ2v) is 4.86. The minimum Gasteiger partial charge on any atom is -0.385 e. The zero-order valence-corrected chi connectivity index (χ0v) is 12.3. The average Bonchev–Trinajstić information content (AvgIpc) is 2.38. The molecule has 0 bridgehead atoms. The quantitative estimate of drug-likeness (QED) is 0.822. The third kappa shape index (κ3) is 5.30. The molecule has 0 aliphatic carbocycles. The average molecular weight is 264 g/mol. The Morgan fingerprint density at radius 3 is 2.74 bits per heavy atom. The van der Waals surface area contributed by atoms with E-state index in [-0.39, 0.29) is 5.91 Å². The number of amides is 1. The first-order chi connectivity index (χ1) is 9.04. The van der Waals surface area contributed by atoms with Crippen LogP contribution >= 0.6 is 0 Å². The van der Waals surface area contributed by atoms with Gasteiger partial charge in [0.15, 0.2) is 0 Å². The van der Waals surface area contributed by atoms with Crippen LogP contribution in [0.15, 0.2) is 24.3 Å². The number of carbonyl (C=O) groups is 1. The van der Waals surface area contributed by atoms with Gasteiger partial charge in [0, 0.05) is 46.0 Å². The second-order valence-electron chi connectivity index (χ2n) is 4.86. The van der Waals surface area contributed by atoms with Crippen LogP contribution in [0.4, 0.5) is 5.69 Å². The predicted octanol–water partition coefficient (Wildman–Crippen LogP) is 2.50. The van der Waals surface area contributed by atoms with Crippen LogP contribution < -0.4 is 5.32 Å². The highest BCUT2D eigenvalue weighted by atomic mass is 16.5. The predicted molar refractivity (Wildman–Crippen MR) is 78.2 cm³/mol. The molecule has 1 atom stereocenters. The normalized spacial score (nSPS) is 12.0. The summed E-state index contributed by atoms with van der Waals surface area (Å²) in [4.78, 5) is 13.0. The van der Waals surface area contributed by atoms with Gasteiger partial charge in [-0.15, -0.1) is 0 Å². The molecule has 1 aromatic carbocycles. The smallest absolute Gasteiger partial charge is 0.219 e. The lowest BCUT2D eigenvalue weighted by molar-refractivity contribution is -0.128. The van der Waals surface area contributed by atoms with Crippen molar-refractivity contribution in [2.24, 2.45) is 0 Å². The number of ether oxygens (including phenoxy) is 1. The Morgan fingerprint density at radius 1 is 1.42 bits per heavy atom. The number of methoxy groups -OCH3 is 1. The Hall–Kier alpha value is -1.55. The van der Waals surface area contributed by atoms with Crippen LogP contribution in [0.3, 0.4) is 0 Å². The molecule has 0 aliphatic rings. The molecule has 0 spiro atoms. The van der Waals surface area contributed by atoms with Crippen molar-refractivity contribution in [1.29, 1.82) is 0 Å². The molecule has 0 aliphatic heterocycles. The van der Waals surface area contributed by atoms with Gasteiger partial charge in [-0.05, 0) is 25.0 Å².